The molecule has 106 valence electrons. The van der Waals surface area contributed by atoms with E-state index in [4.69, 9.17) is 0 Å². The van der Waals surface area contributed by atoms with Crippen LogP contribution in [-0.4, -0.2) is 29.3 Å². The van der Waals surface area contributed by atoms with Gasteiger partial charge in [-0.15, -0.1) is 11.3 Å². The topological polar surface area (TPSA) is 20.3 Å². The lowest BCUT2D eigenvalue weighted by atomic mass is 9.84. The van der Waals surface area contributed by atoms with E-state index < -0.39 is 0 Å². The number of ketones is 1. The fraction of sp³-hybridized carbons (Fsp3) is 0.667. The lowest BCUT2D eigenvalue weighted by Crippen LogP contribution is -2.53. The van der Waals surface area contributed by atoms with Gasteiger partial charge in [0.2, 0.25) is 0 Å². The molecule has 0 saturated carbocycles. The van der Waals surface area contributed by atoms with Crippen molar-refractivity contribution < 1.29 is 4.79 Å². The van der Waals surface area contributed by atoms with Gasteiger partial charge in [-0.25, -0.2) is 0 Å². The van der Waals surface area contributed by atoms with Gasteiger partial charge < -0.3 is 0 Å². The fourth-order valence-corrected chi connectivity index (χ4v) is 4.66. The Kier molecular flexibility index (Phi) is 5.21. The molecule has 1 aromatic heterocycles. The number of rotatable bonds is 6. The monoisotopic (exact) mass is 343 g/mol. The Hall–Kier alpha value is -0.190. The van der Waals surface area contributed by atoms with Gasteiger partial charge in [0.1, 0.15) is 0 Å². The summed E-state index contributed by atoms with van der Waals surface area (Å²) < 4.78 is 1.11. The van der Waals surface area contributed by atoms with Gasteiger partial charge in [0.15, 0.2) is 5.78 Å². The lowest BCUT2D eigenvalue weighted by Gasteiger charge is -2.39. The molecular weight excluding hydrogens is 322 g/mol. The molecule has 1 fully saturated rings. The summed E-state index contributed by atoms with van der Waals surface area (Å²) in [6.07, 6.45) is 4.90. The highest BCUT2D eigenvalue weighted by molar-refractivity contribution is 9.11. The average Bonchev–Trinajstić information content (AvgIpc) is 3.04. The quantitative estimate of drug-likeness (QED) is 0.768. The summed E-state index contributed by atoms with van der Waals surface area (Å²) in [6.45, 7) is 6.48. The molecule has 2 nitrogen and oxygen atoms in total. The van der Waals surface area contributed by atoms with Crippen LogP contribution in [0.1, 0.15) is 44.4 Å². The Morgan fingerprint density at radius 3 is 2.42 bits per heavy atom. The van der Waals surface area contributed by atoms with E-state index in [-0.39, 0.29) is 5.54 Å². The van der Waals surface area contributed by atoms with Gasteiger partial charge in [-0.1, -0.05) is 13.8 Å². The molecule has 0 amide bonds. The van der Waals surface area contributed by atoms with E-state index in [9.17, 15) is 4.79 Å². The lowest BCUT2D eigenvalue weighted by molar-refractivity contribution is -0.130. The maximum Gasteiger partial charge on any atom is 0.158 e. The molecule has 0 N–H and O–H groups in total. The van der Waals surface area contributed by atoms with Gasteiger partial charge in [-0.2, -0.15) is 0 Å². The van der Waals surface area contributed by atoms with Crippen molar-refractivity contribution in [2.24, 2.45) is 0 Å². The minimum absolute atomic E-state index is 0.229. The minimum Gasteiger partial charge on any atom is -0.297 e. The molecule has 0 atom stereocenters. The van der Waals surface area contributed by atoms with Crippen LogP contribution >= 0.6 is 27.3 Å². The van der Waals surface area contributed by atoms with E-state index in [1.54, 1.807) is 11.3 Å². The van der Waals surface area contributed by atoms with Crippen LogP contribution in [0.3, 0.4) is 0 Å². The highest BCUT2D eigenvalue weighted by Crippen LogP contribution is 2.32. The molecule has 1 aliphatic rings. The Balaban J connectivity index is 2.15. The number of thiophene rings is 1. The van der Waals surface area contributed by atoms with Crippen molar-refractivity contribution in [2.45, 2.75) is 51.5 Å². The number of carbonyl (C=O) groups is 1. The second kappa shape index (κ2) is 6.51. The van der Waals surface area contributed by atoms with Gasteiger partial charge in [-0.3, -0.25) is 9.69 Å². The van der Waals surface area contributed by atoms with Crippen LogP contribution in [0, 0.1) is 0 Å². The Morgan fingerprint density at radius 2 is 1.95 bits per heavy atom. The van der Waals surface area contributed by atoms with Gasteiger partial charge in [0, 0.05) is 11.3 Å². The molecule has 0 aliphatic carbocycles. The summed E-state index contributed by atoms with van der Waals surface area (Å²) in [7, 11) is 0. The van der Waals surface area contributed by atoms with Crippen molar-refractivity contribution in [3.05, 3.63) is 20.8 Å². The van der Waals surface area contributed by atoms with Crippen LogP contribution in [0.4, 0.5) is 0 Å². The SMILES string of the molecule is CCC(CC)(C(=O)Cc1ccc(Br)s1)N1CCCC1. The first-order valence-corrected chi connectivity index (χ1v) is 8.76. The third-order valence-electron chi connectivity index (χ3n) is 4.36. The van der Waals surface area contributed by atoms with Crippen molar-refractivity contribution in [1.29, 1.82) is 0 Å². The third-order valence-corrected chi connectivity index (χ3v) is 5.99. The summed E-state index contributed by atoms with van der Waals surface area (Å²) >= 11 is 5.14. The average molecular weight is 344 g/mol. The Labute approximate surface area is 128 Å². The number of hydrogen-bond donors (Lipinski definition) is 0. The van der Waals surface area contributed by atoms with Gasteiger partial charge in [0.25, 0.3) is 0 Å². The zero-order valence-electron chi connectivity index (χ0n) is 11.7. The molecule has 0 bridgehead atoms. The summed E-state index contributed by atoms with van der Waals surface area (Å²) in [5.41, 5.74) is -0.229. The van der Waals surface area contributed by atoms with Crippen LogP contribution < -0.4 is 0 Å². The van der Waals surface area contributed by atoms with E-state index in [1.807, 2.05) is 6.07 Å². The summed E-state index contributed by atoms with van der Waals surface area (Å²) in [5, 5.41) is 0. The molecule has 0 unspecified atom stereocenters. The number of Topliss-reactive ketones (excluding diaryl/α,β-unsaturated/α-hetero) is 1. The maximum atomic E-state index is 12.8. The first kappa shape index (κ1) is 15.2. The summed E-state index contributed by atoms with van der Waals surface area (Å²) in [4.78, 5) is 16.4. The molecule has 1 aliphatic heterocycles. The van der Waals surface area contributed by atoms with Crippen LogP contribution in [0.25, 0.3) is 0 Å². The Morgan fingerprint density at radius 1 is 1.32 bits per heavy atom. The molecule has 1 aromatic rings. The fourth-order valence-electron chi connectivity index (χ4n) is 3.18. The van der Waals surface area contributed by atoms with Crippen LogP contribution in [0.2, 0.25) is 0 Å². The summed E-state index contributed by atoms with van der Waals surface area (Å²) in [6, 6.07) is 4.09. The molecule has 0 aromatic carbocycles. The third kappa shape index (κ3) is 3.11. The number of nitrogens with zero attached hydrogens (tertiary/aromatic N) is 1. The van der Waals surface area contributed by atoms with E-state index in [2.05, 4.69) is 40.7 Å². The normalized spacial score (nSPS) is 17.0. The van der Waals surface area contributed by atoms with Gasteiger partial charge in [0.05, 0.1) is 9.33 Å². The smallest absolute Gasteiger partial charge is 0.158 e. The second-order valence-electron chi connectivity index (χ2n) is 5.24. The molecular formula is C15H22BrNOS. The van der Waals surface area contributed by atoms with Crippen molar-refractivity contribution in [3.63, 3.8) is 0 Å². The first-order valence-electron chi connectivity index (χ1n) is 7.15. The first-order chi connectivity index (χ1) is 9.12. The summed E-state index contributed by atoms with van der Waals surface area (Å²) in [5.74, 6) is 0.397. The second-order valence-corrected chi connectivity index (χ2v) is 7.79. The van der Waals surface area contributed by atoms with Gasteiger partial charge in [-0.05, 0) is 66.8 Å². The molecule has 0 spiro atoms. The highest BCUT2D eigenvalue weighted by Gasteiger charge is 2.41. The van der Waals surface area contributed by atoms with E-state index >= 15 is 0 Å². The number of hydrogen-bond acceptors (Lipinski definition) is 3. The van der Waals surface area contributed by atoms with Crippen molar-refractivity contribution >= 4 is 33.0 Å². The zero-order valence-corrected chi connectivity index (χ0v) is 14.1. The number of likely N-dealkylation sites (tertiary alicyclic amines) is 1. The Bertz CT molecular complexity index is 433. The molecule has 0 radical (unpaired) electrons. The largest absolute Gasteiger partial charge is 0.297 e. The standard InChI is InChI=1S/C15H22BrNOS/c1-3-15(4-2,17-9-5-6-10-17)13(18)11-12-7-8-14(16)19-12/h7-8H,3-6,9-11H2,1-2H3. The van der Waals surface area contributed by atoms with Gasteiger partial charge >= 0.3 is 0 Å². The predicted molar refractivity (Wildman–Crippen MR) is 84.9 cm³/mol. The highest BCUT2D eigenvalue weighted by atomic mass is 79.9. The van der Waals surface area contributed by atoms with Crippen LogP contribution in [-0.2, 0) is 11.2 Å². The van der Waals surface area contributed by atoms with E-state index in [0.29, 0.717) is 12.2 Å². The molecule has 19 heavy (non-hydrogen) atoms. The molecule has 4 heteroatoms. The van der Waals surface area contributed by atoms with Crippen molar-refractivity contribution in [3.8, 4) is 0 Å². The molecule has 1 saturated heterocycles. The number of halogens is 1. The van der Waals surface area contributed by atoms with Crippen molar-refractivity contribution in [1.82, 2.24) is 4.90 Å². The van der Waals surface area contributed by atoms with Crippen molar-refractivity contribution in [2.75, 3.05) is 13.1 Å². The van der Waals surface area contributed by atoms with Crippen LogP contribution in [0.15, 0.2) is 15.9 Å². The predicted octanol–water partition coefficient (Wildman–Crippen LogP) is 4.28. The molecule has 2 rings (SSSR count). The molecule has 2 heterocycles. The number of carbonyl (C=O) groups excluding carboxylic acids is 1. The van der Waals surface area contributed by atoms with Crippen LogP contribution in [0.5, 0.6) is 0 Å². The maximum absolute atomic E-state index is 12.8. The minimum atomic E-state index is -0.229. The van der Waals surface area contributed by atoms with E-state index in [1.165, 1.54) is 17.7 Å². The zero-order chi connectivity index (χ0) is 13.9. The van der Waals surface area contributed by atoms with E-state index in [0.717, 1.165) is 29.7 Å².